The summed E-state index contributed by atoms with van der Waals surface area (Å²) in [4.78, 5) is 26.8. The summed E-state index contributed by atoms with van der Waals surface area (Å²) in [5.74, 6) is 1.36. The third-order valence-electron chi connectivity index (χ3n) is 8.69. The topological polar surface area (TPSA) is 103 Å². The summed E-state index contributed by atoms with van der Waals surface area (Å²) in [5, 5.41) is 15.0. The lowest BCUT2D eigenvalue weighted by Crippen LogP contribution is -2.46. The number of carbonyl (C=O) groups excluding carboxylic acids is 1. The zero-order valence-electron chi connectivity index (χ0n) is 25.0. The number of nitrogens with zero attached hydrogens (tertiary/aromatic N) is 7. The molecule has 45 heavy (non-hydrogen) atoms. The number of rotatable bonds is 10. The van der Waals surface area contributed by atoms with E-state index < -0.39 is 12.6 Å². The lowest BCUT2D eigenvalue weighted by molar-refractivity contribution is -0.126. The van der Waals surface area contributed by atoms with Crippen molar-refractivity contribution in [2.24, 2.45) is 0 Å². The van der Waals surface area contributed by atoms with E-state index in [0.29, 0.717) is 34.8 Å². The number of piperidine rings is 1. The van der Waals surface area contributed by atoms with E-state index in [9.17, 15) is 23.2 Å². The molecule has 4 aromatic rings. The number of hydrogen-bond acceptors (Lipinski definition) is 9. The fourth-order valence-electron chi connectivity index (χ4n) is 6.29. The Hall–Kier alpha value is -3.93. The molecule has 1 N–H and O–H groups in total. The van der Waals surface area contributed by atoms with Crippen molar-refractivity contribution >= 4 is 44.7 Å². The number of carbonyl (C=O) groups is 1. The molecule has 0 bridgehead atoms. The van der Waals surface area contributed by atoms with Crippen molar-refractivity contribution in [3.8, 4) is 11.8 Å². The summed E-state index contributed by atoms with van der Waals surface area (Å²) < 4.78 is 46.7. The average molecular weight is 641 g/mol. The highest BCUT2D eigenvalue weighted by Gasteiger charge is 2.29. The fourth-order valence-corrected chi connectivity index (χ4v) is 7.32. The number of nitrogens with one attached hydrogen (secondary N) is 1. The lowest BCUT2D eigenvalue weighted by atomic mass is 10.0. The number of methoxy groups -OCH3 is 1. The van der Waals surface area contributed by atoms with Crippen LogP contribution in [0.2, 0.25) is 0 Å². The van der Waals surface area contributed by atoms with Crippen molar-refractivity contribution in [2.45, 2.75) is 44.6 Å². The van der Waals surface area contributed by atoms with E-state index in [-0.39, 0.29) is 10.9 Å². The molecule has 10 nitrogen and oxygen atoms in total. The van der Waals surface area contributed by atoms with Gasteiger partial charge in [-0.3, -0.25) is 14.6 Å². The molecule has 2 aliphatic rings. The highest BCUT2D eigenvalue weighted by Crippen LogP contribution is 2.34. The molecule has 2 saturated heterocycles. The minimum atomic E-state index is -4.26. The average Bonchev–Trinajstić information content (AvgIpc) is 3.60. The maximum absolute atomic E-state index is 12.9. The van der Waals surface area contributed by atoms with E-state index in [1.807, 2.05) is 12.1 Å². The highest BCUT2D eigenvalue weighted by atomic mass is 32.1. The molecule has 1 aromatic carbocycles. The lowest BCUT2D eigenvalue weighted by Gasteiger charge is -2.33. The molecular weight excluding hydrogens is 605 g/mol. The summed E-state index contributed by atoms with van der Waals surface area (Å²) in [6.07, 6.45) is -1.23. The second-order valence-corrected chi connectivity index (χ2v) is 12.8. The number of halogens is 3. The van der Waals surface area contributed by atoms with Crippen LogP contribution < -0.4 is 10.1 Å². The Morgan fingerprint density at radius 3 is 2.53 bits per heavy atom. The number of thiophene rings is 1. The summed E-state index contributed by atoms with van der Waals surface area (Å²) in [6, 6.07) is 10.1. The largest absolute Gasteiger partial charge is 0.496 e. The van der Waals surface area contributed by atoms with Gasteiger partial charge in [0.25, 0.3) is 0 Å². The number of fused-ring (bicyclic) bond motifs is 2. The molecule has 1 amide bonds. The minimum absolute atomic E-state index is 0.142. The van der Waals surface area contributed by atoms with Gasteiger partial charge in [-0.2, -0.15) is 18.4 Å². The van der Waals surface area contributed by atoms with E-state index in [4.69, 9.17) is 4.74 Å². The maximum atomic E-state index is 12.9. The van der Waals surface area contributed by atoms with Gasteiger partial charge in [0.05, 0.1) is 24.4 Å². The van der Waals surface area contributed by atoms with Crippen LogP contribution in [0.5, 0.6) is 5.75 Å². The van der Waals surface area contributed by atoms with Crippen LogP contribution in [0.15, 0.2) is 30.6 Å². The number of hydrogen-bond donors (Lipinski definition) is 1. The molecule has 5 heterocycles. The van der Waals surface area contributed by atoms with Crippen LogP contribution in [0, 0.1) is 11.3 Å². The van der Waals surface area contributed by atoms with Gasteiger partial charge >= 0.3 is 6.18 Å². The van der Waals surface area contributed by atoms with Gasteiger partial charge in [-0.05, 0) is 31.0 Å². The second-order valence-electron chi connectivity index (χ2n) is 11.6. The molecule has 2 fully saturated rings. The van der Waals surface area contributed by atoms with Gasteiger partial charge in [0.2, 0.25) is 6.41 Å². The number of ether oxygens (including phenoxy) is 1. The Morgan fingerprint density at radius 1 is 1.07 bits per heavy atom. The van der Waals surface area contributed by atoms with Crippen molar-refractivity contribution < 1.29 is 22.7 Å². The Morgan fingerprint density at radius 2 is 1.84 bits per heavy atom. The standard InChI is InChI=1S/C31H35F3N8O2S/c1-44-28-15-27-21(13-24(17-35)42(27)11-10-39-6-8-41(20-43)9-7-39)12-22(28)18-40-4-2-23(3-5-40)38-29-26-14-25(16-31(32,33)34)45-30(26)37-19-36-29/h12-15,19-20,23H,2-11,16,18H2,1H3,(H,36,37,38). The van der Waals surface area contributed by atoms with Gasteiger partial charge < -0.3 is 19.5 Å². The van der Waals surface area contributed by atoms with Crippen molar-refractivity contribution in [3.05, 3.63) is 46.7 Å². The number of likely N-dealkylation sites (tertiary alicyclic amines) is 1. The van der Waals surface area contributed by atoms with E-state index >= 15 is 0 Å². The Balaban J connectivity index is 1.09. The first-order valence-electron chi connectivity index (χ1n) is 15.0. The molecule has 0 saturated carbocycles. The number of piperazine rings is 1. The molecule has 0 unspecified atom stereocenters. The highest BCUT2D eigenvalue weighted by molar-refractivity contribution is 7.18. The molecule has 0 radical (unpaired) electrons. The Kier molecular flexibility index (Phi) is 9.11. The first-order valence-corrected chi connectivity index (χ1v) is 15.9. The first-order chi connectivity index (χ1) is 21.7. The molecule has 238 valence electrons. The number of anilines is 1. The normalized spacial score (nSPS) is 17.2. The van der Waals surface area contributed by atoms with Gasteiger partial charge in [-0.25, -0.2) is 9.97 Å². The molecule has 2 aliphatic heterocycles. The summed E-state index contributed by atoms with van der Waals surface area (Å²) >= 11 is 1.05. The van der Waals surface area contributed by atoms with Crippen molar-refractivity contribution in [2.75, 3.05) is 58.2 Å². The van der Waals surface area contributed by atoms with Crippen LogP contribution in [-0.4, -0.2) is 101 Å². The van der Waals surface area contributed by atoms with Crippen LogP contribution in [-0.2, 0) is 24.3 Å². The first kappa shape index (κ1) is 31.1. The number of alkyl halides is 3. The van der Waals surface area contributed by atoms with E-state index in [2.05, 4.69) is 41.8 Å². The van der Waals surface area contributed by atoms with Gasteiger partial charge in [0.1, 0.15) is 34.5 Å². The molecule has 0 atom stereocenters. The molecule has 6 rings (SSSR count). The second kappa shape index (κ2) is 13.2. The monoisotopic (exact) mass is 640 g/mol. The minimum Gasteiger partial charge on any atom is -0.496 e. The van der Waals surface area contributed by atoms with Crippen LogP contribution >= 0.6 is 11.3 Å². The van der Waals surface area contributed by atoms with Crippen molar-refractivity contribution in [1.82, 2.24) is 29.2 Å². The predicted octanol–water partition coefficient (Wildman–Crippen LogP) is 4.48. The molecule has 3 aromatic heterocycles. The van der Waals surface area contributed by atoms with Crippen molar-refractivity contribution in [3.63, 3.8) is 0 Å². The molecule has 14 heteroatoms. The van der Waals surface area contributed by atoms with Crippen LogP contribution in [0.4, 0.5) is 19.0 Å². The molecular formula is C31H35F3N8O2S. The van der Waals surface area contributed by atoms with Crippen LogP contribution in [0.3, 0.4) is 0 Å². The third-order valence-corrected chi connectivity index (χ3v) is 9.73. The smallest absolute Gasteiger partial charge is 0.393 e. The van der Waals surface area contributed by atoms with Gasteiger partial charge in [0.15, 0.2) is 0 Å². The van der Waals surface area contributed by atoms with Gasteiger partial charge in [0, 0.05) is 86.8 Å². The van der Waals surface area contributed by atoms with Crippen LogP contribution in [0.25, 0.3) is 21.1 Å². The number of aromatic nitrogens is 3. The summed E-state index contributed by atoms with van der Waals surface area (Å²) in [6.45, 7) is 6.90. The Bertz CT molecular complexity index is 1700. The molecule has 0 aliphatic carbocycles. The zero-order chi connectivity index (χ0) is 31.6. The van der Waals surface area contributed by atoms with E-state index in [0.717, 1.165) is 98.6 Å². The van der Waals surface area contributed by atoms with E-state index in [1.165, 1.54) is 6.33 Å². The van der Waals surface area contributed by atoms with Gasteiger partial charge in [-0.15, -0.1) is 11.3 Å². The third kappa shape index (κ3) is 7.16. The van der Waals surface area contributed by atoms with E-state index in [1.54, 1.807) is 18.1 Å². The fraction of sp³-hybridized carbons (Fsp3) is 0.484. The van der Waals surface area contributed by atoms with Gasteiger partial charge in [-0.1, -0.05) is 0 Å². The van der Waals surface area contributed by atoms with Crippen LogP contribution in [0.1, 0.15) is 29.0 Å². The zero-order valence-corrected chi connectivity index (χ0v) is 25.8. The Labute approximate surface area is 263 Å². The number of benzene rings is 1. The quantitative estimate of drug-likeness (QED) is 0.253. The van der Waals surface area contributed by atoms with Crippen molar-refractivity contribution in [1.29, 1.82) is 5.26 Å². The predicted molar refractivity (Wildman–Crippen MR) is 166 cm³/mol. The summed E-state index contributed by atoms with van der Waals surface area (Å²) in [5.41, 5.74) is 2.62. The SMILES string of the molecule is COc1cc2c(cc1CN1CCC(Nc3ncnc4sc(CC(F)(F)F)cc34)CC1)cc(C#N)n2CCN1CCN(C=O)CC1. The maximum Gasteiger partial charge on any atom is 0.393 e. The number of nitriles is 1. The number of amides is 1. The summed E-state index contributed by atoms with van der Waals surface area (Å²) in [7, 11) is 1.67. The molecule has 0 spiro atoms.